The first kappa shape index (κ1) is 15.5. The molecule has 1 fully saturated rings. The lowest BCUT2D eigenvalue weighted by Gasteiger charge is -2.18. The van der Waals surface area contributed by atoms with Gasteiger partial charge in [-0.1, -0.05) is 17.3 Å². The molecule has 0 bridgehead atoms. The van der Waals surface area contributed by atoms with E-state index in [9.17, 15) is 13.6 Å². The number of nitrogens with one attached hydrogen (secondary N) is 2. The summed E-state index contributed by atoms with van der Waals surface area (Å²) in [5, 5.41) is 12.9. The Morgan fingerprint density at radius 1 is 1.43 bits per heavy atom. The number of halogens is 2. The first-order valence-corrected chi connectivity index (χ1v) is 7.33. The number of carbonyl (C=O) groups excluding carboxylic acids is 1. The molecule has 2 atom stereocenters. The summed E-state index contributed by atoms with van der Waals surface area (Å²) < 4.78 is 27.9. The van der Waals surface area contributed by atoms with Crippen LogP contribution in [0.4, 0.5) is 8.78 Å². The van der Waals surface area contributed by atoms with E-state index in [0.29, 0.717) is 0 Å². The Morgan fingerprint density at radius 2 is 2.17 bits per heavy atom. The third-order valence-corrected chi connectivity index (χ3v) is 3.87. The lowest BCUT2D eigenvalue weighted by Crippen LogP contribution is -2.41. The van der Waals surface area contributed by atoms with Crippen molar-refractivity contribution in [1.29, 1.82) is 0 Å². The Morgan fingerprint density at radius 3 is 2.74 bits per heavy atom. The summed E-state index contributed by atoms with van der Waals surface area (Å²) in [4.78, 5) is 12.0. The fourth-order valence-corrected chi connectivity index (χ4v) is 2.56. The molecule has 1 aromatic heterocycles. The maximum absolute atomic E-state index is 13.1. The van der Waals surface area contributed by atoms with Gasteiger partial charge in [-0.25, -0.2) is 13.5 Å². The number of aromatic nitrogens is 3. The minimum atomic E-state index is -2.81. The number of rotatable bonds is 4. The Balaban J connectivity index is 1.62. The van der Waals surface area contributed by atoms with Gasteiger partial charge in [0.25, 0.3) is 5.92 Å². The summed E-state index contributed by atoms with van der Waals surface area (Å²) in [6.07, 6.45) is 2.85. The zero-order valence-electron chi connectivity index (χ0n) is 12.5. The topological polar surface area (TPSA) is 71.8 Å². The highest BCUT2D eigenvalue weighted by atomic mass is 19.3. The van der Waals surface area contributed by atoms with E-state index in [1.165, 1.54) is 0 Å². The molecule has 1 aliphatic heterocycles. The van der Waals surface area contributed by atoms with Crippen LogP contribution in [0.15, 0.2) is 36.7 Å². The molecule has 0 radical (unpaired) electrons. The molecule has 2 heterocycles. The number of hydrogen-bond acceptors (Lipinski definition) is 4. The van der Waals surface area contributed by atoms with Gasteiger partial charge in [0.05, 0.1) is 36.7 Å². The van der Waals surface area contributed by atoms with Crippen LogP contribution in [0.5, 0.6) is 0 Å². The minimum Gasteiger partial charge on any atom is -0.348 e. The molecule has 2 aromatic rings. The van der Waals surface area contributed by atoms with Crippen molar-refractivity contribution in [2.45, 2.75) is 31.4 Å². The van der Waals surface area contributed by atoms with Crippen LogP contribution in [0.1, 0.15) is 24.9 Å². The van der Waals surface area contributed by atoms with Gasteiger partial charge in [0, 0.05) is 6.42 Å². The highest BCUT2D eigenvalue weighted by Gasteiger charge is 2.42. The average molecular weight is 321 g/mol. The molecule has 2 unspecified atom stereocenters. The van der Waals surface area contributed by atoms with Crippen molar-refractivity contribution in [3.63, 3.8) is 0 Å². The number of amides is 1. The first-order chi connectivity index (χ1) is 10.9. The fourth-order valence-electron chi connectivity index (χ4n) is 2.56. The second-order valence-electron chi connectivity index (χ2n) is 5.66. The zero-order chi connectivity index (χ0) is 16.4. The zero-order valence-corrected chi connectivity index (χ0v) is 12.5. The maximum Gasteiger partial charge on any atom is 0.262 e. The largest absolute Gasteiger partial charge is 0.348 e. The molecule has 1 aliphatic rings. The van der Waals surface area contributed by atoms with Crippen LogP contribution >= 0.6 is 0 Å². The van der Waals surface area contributed by atoms with Gasteiger partial charge in [-0.3, -0.25) is 10.1 Å². The van der Waals surface area contributed by atoms with Gasteiger partial charge in [-0.15, -0.1) is 5.10 Å². The van der Waals surface area contributed by atoms with Gasteiger partial charge < -0.3 is 5.32 Å². The van der Waals surface area contributed by atoms with E-state index in [1.54, 1.807) is 17.1 Å². The SMILES string of the molecule is CC(NC(=O)C1CC(F)(F)CN1)c1ccc(-n2ccnn2)cc1. The van der Waals surface area contributed by atoms with Crippen molar-refractivity contribution in [2.24, 2.45) is 0 Å². The number of hydrogen-bond donors (Lipinski definition) is 2. The van der Waals surface area contributed by atoms with E-state index >= 15 is 0 Å². The van der Waals surface area contributed by atoms with Crippen molar-refractivity contribution in [3.05, 3.63) is 42.2 Å². The van der Waals surface area contributed by atoms with E-state index in [1.807, 2.05) is 31.2 Å². The summed E-state index contributed by atoms with van der Waals surface area (Å²) in [5.41, 5.74) is 1.73. The molecular weight excluding hydrogens is 304 g/mol. The summed E-state index contributed by atoms with van der Waals surface area (Å²) in [5.74, 6) is -3.22. The molecule has 3 rings (SSSR count). The highest BCUT2D eigenvalue weighted by Crippen LogP contribution is 2.25. The van der Waals surface area contributed by atoms with Crippen LogP contribution in [0.25, 0.3) is 5.69 Å². The standard InChI is InChI=1S/C15H17F2N5O/c1-10(20-14(23)13-8-15(16,17)9-18-13)11-2-4-12(5-3-11)22-7-6-19-21-22/h2-7,10,13,18H,8-9H2,1H3,(H,20,23). The Hall–Kier alpha value is -2.35. The summed E-state index contributed by atoms with van der Waals surface area (Å²) in [6, 6.07) is 6.31. The molecule has 122 valence electrons. The lowest BCUT2D eigenvalue weighted by molar-refractivity contribution is -0.124. The van der Waals surface area contributed by atoms with Gasteiger partial charge >= 0.3 is 0 Å². The third kappa shape index (κ3) is 3.53. The molecule has 2 N–H and O–H groups in total. The molecule has 1 aromatic carbocycles. The summed E-state index contributed by atoms with van der Waals surface area (Å²) >= 11 is 0. The quantitative estimate of drug-likeness (QED) is 0.894. The van der Waals surface area contributed by atoms with E-state index < -0.39 is 30.8 Å². The number of benzene rings is 1. The summed E-state index contributed by atoms with van der Waals surface area (Å²) in [6.45, 7) is 1.36. The number of carbonyl (C=O) groups is 1. The smallest absolute Gasteiger partial charge is 0.262 e. The Bertz CT molecular complexity index is 672. The van der Waals surface area contributed by atoms with Crippen LogP contribution in [-0.4, -0.2) is 39.4 Å². The van der Waals surface area contributed by atoms with Crippen LogP contribution in [0.2, 0.25) is 0 Å². The molecule has 0 aliphatic carbocycles. The van der Waals surface area contributed by atoms with Gasteiger partial charge in [0.2, 0.25) is 5.91 Å². The Labute approximate surface area is 131 Å². The minimum absolute atomic E-state index is 0.275. The monoisotopic (exact) mass is 321 g/mol. The maximum atomic E-state index is 13.1. The van der Waals surface area contributed by atoms with Crippen molar-refractivity contribution in [1.82, 2.24) is 25.6 Å². The Kier molecular flexibility index (Phi) is 4.08. The van der Waals surface area contributed by atoms with Gasteiger partial charge in [-0.05, 0) is 24.6 Å². The normalized spacial score (nSPS) is 21.1. The fraction of sp³-hybridized carbons (Fsp3) is 0.400. The lowest BCUT2D eigenvalue weighted by atomic mass is 10.1. The van der Waals surface area contributed by atoms with Gasteiger partial charge in [-0.2, -0.15) is 0 Å². The molecular formula is C15H17F2N5O. The van der Waals surface area contributed by atoms with Crippen molar-refractivity contribution in [2.75, 3.05) is 6.54 Å². The number of alkyl halides is 2. The van der Waals surface area contributed by atoms with Gasteiger partial charge in [0.1, 0.15) is 0 Å². The van der Waals surface area contributed by atoms with Crippen molar-refractivity contribution < 1.29 is 13.6 Å². The van der Waals surface area contributed by atoms with Crippen LogP contribution < -0.4 is 10.6 Å². The molecule has 1 amide bonds. The summed E-state index contributed by atoms with van der Waals surface area (Å²) in [7, 11) is 0. The van der Waals surface area contributed by atoms with E-state index in [2.05, 4.69) is 20.9 Å². The molecule has 0 spiro atoms. The predicted octanol–water partition coefficient (Wildman–Crippen LogP) is 1.44. The predicted molar refractivity (Wildman–Crippen MR) is 79.3 cm³/mol. The van der Waals surface area contributed by atoms with E-state index in [4.69, 9.17) is 0 Å². The molecule has 8 heteroatoms. The van der Waals surface area contributed by atoms with Crippen LogP contribution in [-0.2, 0) is 4.79 Å². The number of nitrogens with zero attached hydrogens (tertiary/aromatic N) is 3. The molecule has 1 saturated heterocycles. The average Bonchev–Trinajstić information content (AvgIpc) is 3.16. The highest BCUT2D eigenvalue weighted by molar-refractivity contribution is 5.82. The van der Waals surface area contributed by atoms with Crippen molar-refractivity contribution >= 4 is 5.91 Å². The van der Waals surface area contributed by atoms with E-state index in [0.717, 1.165) is 11.3 Å². The van der Waals surface area contributed by atoms with Crippen LogP contribution in [0.3, 0.4) is 0 Å². The van der Waals surface area contributed by atoms with E-state index in [-0.39, 0.29) is 6.04 Å². The molecule has 0 saturated carbocycles. The third-order valence-electron chi connectivity index (χ3n) is 3.87. The second-order valence-corrected chi connectivity index (χ2v) is 5.66. The van der Waals surface area contributed by atoms with Crippen molar-refractivity contribution in [3.8, 4) is 5.69 Å². The first-order valence-electron chi connectivity index (χ1n) is 7.33. The molecule has 23 heavy (non-hydrogen) atoms. The van der Waals surface area contributed by atoms with Crippen LogP contribution in [0, 0.1) is 0 Å². The second kappa shape index (κ2) is 6.04. The molecule has 6 nitrogen and oxygen atoms in total. The van der Waals surface area contributed by atoms with Gasteiger partial charge in [0.15, 0.2) is 0 Å².